The molecule has 1 fully saturated rings. The molecule has 1 aromatic heterocycles. The Kier molecular flexibility index (Phi) is 9.89. The highest BCUT2D eigenvalue weighted by molar-refractivity contribution is 6.30. The molecule has 0 aliphatic carbocycles. The van der Waals surface area contributed by atoms with Crippen LogP contribution < -0.4 is 4.74 Å². The number of rotatable bonds is 12. The normalized spacial score (nSPS) is 15.9. The zero-order chi connectivity index (χ0) is 29.5. The van der Waals surface area contributed by atoms with Crippen LogP contribution in [0.25, 0.3) is 22.0 Å². The molecule has 1 saturated heterocycles. The molecular weight excluding hydrogens is 559 g/mol. The van der Waals surface area contributed by atoms with Crippen molar-refractivity contribution in [2.45, 2.75) is 45.3 Å². The van der Waals surface area contributed by atoms with Gasteiger partial charge in [-0.05, 0) is 84.4 Å². The SMILES string of the molecule is CC/C(=C(/c1ccc(OCCCOCC(=O)O)cc1)c1ccc2c(cnn2C2CCCCO2)c1)c1ccc(Cl)cc1F. The lowest BCUT2D eigenvalue weighted by Gasteiger charge is -2.23. The molecule has 9 heteroatoms. The average Bonchev–Trinajstić information content (AvgIpc) is 3.42. The largest absolute Gasteiger partial charge is 0.494 e. The van der Waals surface area contributed by atoms with Gasteiger partial charge in [0, 0.05) is 29.0 Å². The van der Waals surface area contributed by atoms with Gasteiger partial charge in [-0.25, -0.2) is 13.9 Å². The van der Waals surface area contributed by atoms with Crippen LogP contribution in [0.4, 0.5) is 4.39 Å². The van der Waals surface area contributed by atoms with Crippen molar-refractivity contribution in [2.24, 2.45) is 0 Å². The average molecular weight is 593 g/mol. The number of nitrogens with zero attached hydrogens (tertiary/aromatic N) is 2. The summed E-state index contributed by atoms with van der Waals surface area (Å²) in [6, 6.07) is 18.7. The first-order valence-electron chi connectivity index (χ1n) is 14.2. The van der Waals surface area contributed by atoms with E-state index in [1.54, 1.807) is 12.1 Å². The van der Waals surface area contributed by atoms with Crippen molar-refractivity contribution in [1.29, 1.82) is 0 Å². The maximum Gasteiger partial charge on any atom is 0.329 e. The minimum absolute atomic E-state index is 0.0669. The summed E-state index contributed by atoms with van der Waals surface area (Å²) in [5.74, 6) is -0.687. The van der Waals surface area contributed by atoms with Crippen LogP contribution in [0, 0.1) is 5.82 Å². The lowest BCUT2D eigenvalue weighted by atomic mass is 9.87. The second-order valence-electron chi connectivity index (χ2n) is 10.2. The van der Waals surface area contributed by atoms with Gasteiger partial charge in [0.1, 0.15) is 18.2 Å². The summed E-state index contributed by atoms with van der Waals surface area (Å²) in [6.45, 7) is 3.13. The highest BCUT2D eigenvalue weighted by Gasteiger charge is 2.21. The molecule has 42 heavy (non-hydrogen) atoms. The molecule has 0 radical (unpaired) electrons. The Labute approximate surface area is 249 Å². The topological polar surface area (TPSA) is 82.8 Å². The van der Waals surface area contributed by atoms with Gasteiger partial charge in [-0.3, -0.25) is 0 Å². The summed E-state index contributed by atoms with van der Waals surface area (Å²) in [6.07, 6.45) is 6.07. The van der Waals surface area contributed by atoms with Crippen LogP contribution in [0.5, 0.6) is 5.75 Å². The summed E-state index contributed by atoms with van der Waals surface area (Å²) in [5, 5.41) is 14.7. The number of carbonyl (C=O) groups is 1. The van der Waals surface area contributed by atoms with Crippen molar-refractivity contribution < 1.29 is 28.5 Å². The van der Waals surface area contributed by atoms with Gasteiger partial charge in [-0.2, -0.15) is 5.10 Å². The summed E-state index contributed by atoms with van der Waals surface area (Å²) >= 11 is 6.09. The van der Waals surface area contributed by atoms with Crippen LogP contribution in [-0.4, -0.2) is 47.3 Å². The van der Waals surface area contributed by atoms with Crippen molar-refractivity contribution in [3.05, 3.63) is 94.4 Å². The van der Waals surface area contributed by atoms with Crippen molar-refractivity contribution in [3.63, 3.8) is 0 Å². The number of aliphatic carboxylic acids is 1. The number of fused-ring (bicyclic) bond motifs is 1. The molecule has 0 spiro atoms. The smallest absolute Gasteiger partial charge is 0.329 e. The fraction of sp³-hybridized carbons (Fsp3) is 0.333. The lowest BCUT2D eigenvalue weighted by molar-refractivity contribution is -0.142. The van der Waals surface area contributed by atoms with E-state index in [1.807, 2.05) is 42.1 Å². The number of carboxylic acid groups (broad SMARTS) is 1. The first kappa shape index (κ1) is 29.8. The van der Waals surface area contributed by atoms with Gasteiger partial charge >= 0.3 is 5.97 Å². The Bertz CT molecular complexity index is 1560. The first-order valence-corrected chi connectivity index (χ1v) is 14.6. The van der Waals surface area contributed by atoms with E-state index in [0.717, 1.165) is 59.0 Å². The fourth-order valence-electron chi connectivity index (χ4n) is 5.33. The quantitative estimate of drug-likeness (QED) is 0.134. The van der Waals surface area contributed by atoms with Crippen LogP contribution in [0.15, 0.2) is 66.9 Å². The molecule has 0 saturated carbocycles. The number of benzene rings is 3. The van der Waals surface area contributed by atoms with Gasteiger partial charge in [-0.1, -0.05) is 42.8 Å². The molecule has 1 atom stereocenters. The zero-order valence-electron chi connectivity index (χ0n) is 23.5. The van der Waals surface area contributed by atoms with Gasteiger partial charge in [0.25, 0.3) is 0 Å². The van der Waals surface area contributed by atoms with Crippen LogP contribution >= 0.6 is 11.6 Å². The second kappa shape index (κ2) is 14.0. The summed E-state index contributed by atoms with van der Waals surface area (Å²) in [5.41, 5.74) is 5.14. The standard InChI is InChI=1S/C33H34ClFN2O5/c1-2-27(28-13-10-25(34)19-29(28)35)33(22-7-11-26(12-8-22)41-17-5-15-40-21-32(38)39)23-9-14-30-24(18-23)20-36-37(30)31-6-3-4-16-42-31/h7-14,18-20,31H,2-6,15-17,21H2,1H3,(H,38,39)/b33-27+. The molecule has 220 valence electrons. The van der Waals surface area contributed by atoms with E-state index < -0.39 is 5.97 Å². The molecule has 1 unspecified atom stereocenters. The molecule has 3 aromatic carbocycles. The third-order valence-electron chi connectivity index (χ3n) is 7.29. The third-order valence-corrected chi connectivity index (χ3v) is 7.53. The Hall–Kier alpha value is -3.72. The van der Waals surface area contributed by atoms with Gasteiger partial charge in [0.2, 0.25) is 0 Å². The molecule has 4 aromatic rings. The predicted molar refractivity (Wildman–Crippen MR) is 161 cm³/mol. The van der Waals surface area contributed by atoms with E-state index in [1.165, 1.54) is 6.07 Å². The highest BCUT2D eigenvalue weighted by atomic mass is 35.5. The number of allylic oxidation sites excluding steroid dienone is 1. The Morgan fingerprint density at radius 2 is 1.90 bits per heavy atom. The van der Waals surface area contributed by atoms with Crippen LogP contribution in [0.1, 0.15) is 61.9 Å². The summed E-state index contributed by atoms with van der Waals surface area (Å²) < 4.78 is 34.1. The minimum atomic E-state index is -0.994. The maximum absolute atomic E-state index is 15.3. The molecule has 0 amide bonds. The summed E-state index contributed by atoms with van der Waals surface area (Å²) in [4.78, 5) is 10.6. The van der Waals surface area contributed by atoms with Gasteiger partial charge in [-0.15, -0.1) is 0 Å². The van der Waals surface area contributed by atoms with E-state index in [0.29, 0.717) is 42.4 Å². The maximum atomic E-state index is 15.3. The first-order chi connectivity index (χ1) is 20.4. The molecule has 5 rings (SSSR count). The third kappa shape index (κ3) is 7.01. The number of hydrogen-bond acceptors (Lipinski definition) is 5. The van der Waals surface area contributed by atoms with E-state index in [4.69, 9.17) is 30.9 Å². The number of aromatic nitrogens is 2. The molecular formula is C33H34ClFN2O5. The van der Waals surface area contributed by atoms with Crippen LogP contribution in [0.2, 0.25) is 5.02 Å². The van der Waals surface area contributed by atoms with Crippen molar-refractivity contribution in [1.82, 2.24) is 9.78 Å². The number of halogens is 2. The Balaban J connectivity index is 1.48. The van der Waals surface area contributed by atoms with Gasteiger partial charge < -0.3 is 19.3 Å². The van der Waals surface area contributed by atoms with Gasteiger partial charge in [0.15, 0.2) is 6.23 Å². The monoisotopic (exact) mass is 592 g/mol. The number of hydrogen-bond donors (Lipinski definition) is 1. The molecule has 0 bridgehead atoms. The predicted octanol–water partition coefficient (Wildman–Crippen LogP) is 7.77. The second-order valence-corrected chi connectivity index (χ2v) is 10.6. The van der Waals surface area contributed by atoms with Crippen molar-refractivity contribution in [3.8, 4) is 5.75 Å². The highest BCUT2D eigenvalue weighted by Crippen LogP contribution is 2.38. The van der Waals surface area contributed by atoms with Crippen molar-refractivity contribution in [2.75, 3.05) is 26.4 Å². The van der Waals surface area contributed by atoms with Crippen molar-refractivity contribution >= 4 is 39.6 Å². The zero-order valence-corrected chi connectivity index (χ0v) is 24.3. The van der Waals surface area contributed by atoms with Crippen LogP contribution in [-0.2, 0) is 14.3 Å². The molecule has 1 aliphatic rings. The van der Waals surface area contributed by atoms with Gasteiger partial charge in [0.05, 0.1) is 24.9 Å². The molecule has 1 N–H and O–H groups in total. The number of carboxylic acids is 1. The van der Waals surface area contributed by atoms with E-state index in [9.17, 15) is 4.79 Å². The van der Waals surface area contributed by atoms with Crippen LogP contribution in [0.3, 0.4) is 0 Å². The minimum Gasteiger partial charge on any atom is -0.494 e. The van der Waals surface area contributed by atoms with E-state index in [-0.39, 0.29) is 18.7 Å². The Morgan fingerprint density at radius 1 is 1.10 bits per heavy atom. The molecule has 2 heterocycles. The fourth-order valence-corrected chi connectivity index (χ4v) is 5.49. The Morgan fingerprint density at radius 3 is 2.62 bits per heavy atom. The number of ether oxygens (including phenoxy) is 3. The van der Waals surface area contributed by atoms with E-state index >= 15 is 4.39 Å². The van der Waals surface area contributed by atoms with E-state index in [2.05, 4.69) is 23.3 Å². The molecule has 7 nitrogen and oxygen atoms in total. The summed E-state index contributed by atoms with van der Waals surface area (Å²) in [7, 11) is 0. The lowest BCUT2D eigenvalue weighted by Crippen LogP contribution is -2.18. The molecule has 1 aliphatic heterocycles.